The van der Waals surface area contributed by atoms with Gasteiger partial charge in [-0.2, -0.15) is 4.31 Å². The Morgan fingerprint density at radius 2 is 1.89 bits per heavy atom. The number of sulfonamides is 1. The van der Waals surface area contributed by atoms with Gasteiger partial charge in [-0.15, -0.1) is 0 Å². The van der Waals surface area contributed by atoms with Crippen LogP contribution in [0.4, 0.5) is 9.18 Å². The minimum atomic E-state index is -3.67. The molecule has 1 N–H and O–H groups in total. The Balaban J connectivity index is 1.48. The molecule has 3 fully saturated rings. The van der Waals surface area contributed by atoms with E-state index in [4.69, 9.17) is 4.74 Å². The summed E-state index contributed by atoms with van der Waals surface area (Å²) in [5, 5.41) is 2.97. The van der Waals surface area contributed by atoms with Crippen LogP contribution in [0.2, 0.25) is 0 Å². The van der Waals surface area contributed by atoms with Crippen LogP contribution >= 0.6 is 0 Å². The maximum Gasteiger partial charge on any atom is 0.318 e. The second kappa shape index (κ2) is 7.27. The number of amides is 2. The SMILES string of the molecule is Cc1cc(S(=O)(=O)N2CCC(N3C(=O)NCC34CCOCC4)CC2)ccc1F. The number of hydrogen-bond acceptors (Lipinski definition) is 4. The van der Waals surface area contributed by atoms with Crippen LogP contribution in [0.3, 0.4) is 0 Å². The Bertz CT molecular complexity index is 862. The van der Waals surface area contributed by atoms with E-state index in [-0.39, 0.29) is 22.5 Å². The fourth-order valence-corrected chi connectivity index (χ4v) is 6.17. The van der Waals surface area contributed by atoms with Gasteiger partial charge in [-0.25, -0.2) is 17.6 Å². The molecular weight excluding hydrogens is 385 g/mol. The standard InChI is InChI=1S/C19H26FN3O4S/c1-14-12-16(2-3-17(14)20)28(25,26)22-8-4-15(5-9-22)23-18(24)21-13-19(23)6-10-27-11-7-19/h2-3,12,15H,4-11,13H2,1H3,(H,21,24). The third kappa shape index (κ3) is 3.29. The molecule has 2 amide bonds. The summed E-state index contributed by atoms with van der Waals surface area (Å²) in [6.45, 7) is 4.16. The number of nitrogens with one attached hydrogen (secondary N) is 1. The van der Waals surface area contributed by atoms with Crippen molar-refractivity contribution in [3.63, 3.8) is 0 Å². The largest absolute Gasteiger partial charge is 0.381 e. The summed E-state index contributed by atoms with van der Waals surface area (Å²) < 4.78 is 46.3. The molecule has 0 radical (unpaired) electrons. The van der Waals surface area contributed by atoms with Crippen molar-refractivity contribution in [3.8, 4) is 0 Å². The number of nitrogens with zero attached hydrogens (tertiary/aromatic N) is 2. The van der Waals surface area contributed by atoms with Crippen molar-refractivity contribution in [3.05, 3.63) is 29.6 Å². The quantitative estimate of drug-likeness (QED) is 0.824. The predicted molar refractivity (Wildman–Crippen MR) is 101 cm³/mol. The highest BCUT2D eigenvalue weighted by Crippen LogP contribution is 2.36. The number of aryl methyl sites for hydroxylation is 1. The van der Waals surface area contributed by atoms with E-state index in [1.807, 2.05) is 4.90 Å². The van der Waals surface area contributed by atoms with E-state index in [9.17, 15) is 17.6 Å². The molecule has 28 heavy (non-hydrogen) atoms. The summed E-state index contributed by atoms with van der Waals surface area (Å²) in [6, 6.07) is 3.84. The van der Waals surface area contributed by atoms with Crippen LogP contribution < -0.4 is 5.32 Å². The highest BCUT2D eigenvalue weighted by Gasteiger charge is 2.50. The molecule has 0 atom stereocenters. The second-order valence-electron chi connectivity index (χ2n) is 7.91. The average Bonchev–Trinajstić information content (AvgIpc) is 3.00. The first-order chi connectivity index (χ1) is 13.3. The number of rotatable bonds is 3. The van der Waals surface area contributed by atoms with E-state index in [0.717, 1.165) is 12.8 Å². The second-order valence-corrected chi connectivity index (χ2v) is 9.85. The third-order valence-electron chi connectivity index (χ3n) is 6.28. The Morgan fingerprint density at radius 1 is 1.21 bits per heavy atom. The number of carbonyl (C=O) groups is 1. The van der Waals surface area contributed by atoms with Gasteiger partial charge in [0.15, 0.2) is 0 Å². The van der Waals surface area contributed by atoms with Gasteiger partial charge >= 0.3 is 6.03 Å². The van der Waals surface area contributed by atoms with Crippen molar-refractivity contribution in [1.82, 2.24) is 14.5 Å². The average molecular weight is 411 g/mol. The molecule has 4 rings (SSSR count). The molecule has 0 aromatic heterocycles. The van der Waals surface area contributed by atoms with E-state index in [1.54, 1.807) is 6.92 Å². The van der Waals surface area contributed by atoms with Crippen LogP contribution in [0.1, 0.15) is 31.2 Å². The Labute approximate surface area is 164 Å². The molecule has 0 bridgehead atoms. The molecule has 1 spiro atoms. The van der Waals surface area contributed by atoms with Gasteiger partial charge < -0.3 is 15.0 Å². The number of halogens is 1. The molecule has 0 aliphatic carbocycles. The van der Waals surface area contributed by atoms with Gasteiger partial charge in [-0.3, -0.25) is 0 Å². The van der Waals surface area contributed by atoms with Gasteiger partial charge in [0, 0.05) is 38.9 Å². The molecule has 9 heteroatoms. The molecule has 154 valence electrons. The highest BCUT2D eigenvalue weighted by molar-refractivity contribution is 7.89. The van der Waals surface area contributed by atoms with Crippen LogP contribution in [-0.4, -0.2) is 68.1 Å². The summed E-state index contributed by atoms with van der Waals surface area (Å²) in [7, 11) is -3.67. The minimum Gasteiger partial charge on any atom is -0.381 e. The van der Waals surface area contributed by atoms with Gasteiger partial charge in [0.05, 0.1) is 10.4 Å². The molecule has 0 saturated carbocycles. The summed E-state index contributed by atoms with van der Waals surface area (Å²) in [4.78, 5) is 14.6. The first kappa shape index (κ1) is 19.6. The Morgan fingerprint density at radius 3 is 2.54 bits per heavy atom. The Kier molecular flexibility index (Phi) is 5.09. The Hall–Kier alpha value is -1.71. The first-order valence-corrected chi connectivity index (χ1v) is 11.2. The molecule has 3 aliphatic heterocycles. The molecule has 1 aromatic carbocycles. The minimum absolute atomic E-state index is 0.0157. The van der Waals surface area contributed by atoms with Crippen LogP contribution in [0, 0.1) is 12.7 Å². The maximum absolute atomic E-state index is 13.5. The molecule has 7 nitrogen and oxygen atoms in total. The smallest absolute Gasteiger partial charge is 0.318 e. The summed E-state index contributed by atoms with van der Waals surface area (Å²) in [5.74, 6) is -0.417. The predicted octanol–water partition coefficient (Wildman–Crippen LogP) is 1.86. The van der Waals surface area contributed by atoms with Crippen molar-refractivity contribution in [2.45, 2.75) is 49.1 Å². The topological polar surface area (TPSA) is 79.0 Å². The lowest BCUT2D eigenvalue weighted by atomic mass is 9.87. The zero-order chi connectivity index (χ0) is 19.9. The summed E-state index contributed by atoms with van der Waals surface area (Å²) in [6.07, 6.45) is 2.79. The van der Waals surface area contributed by atoms with E-state index in [2.05, 4.69) is 5.32 Å². The van der Waals surface area contributed by atoms with Gasteiger partial charge in [0.2, 0.25) is 10.0 Å². The fraction of sp³-hybridized carbons (Fsp3) is 0.632. The van der Waals surface area contributed by atoms with Crippen molar-refractivity contribution < 1.29 is 22.3 Å². The maximum atomic E-state index is 13.5. The number of carbonyl (C=O) groups excluding carboxylic acids is 1. The van der Waals surface area contributed by atoms with Crippen molar-refractivity contribution >= 4 is 16.1 Å². The number of benzene rings is 1. The van der Waals surface area contributed by atoms with Crippen molar-refractivity contribution in [1.29, 1.82) is 0 Å². The first-order valence-electron chi connectivity index (χ1n) is 9.75. The highest BCUT2D eigenvalue weighted by atomic mass is 32.2. The lowest BCUT2D eigenvalue weighted by molar-refractivity contribution is -0.0121. The van der Waals surface area contributed by atoms with Crippen LogP contribution in [0.15, 0.2) is 23.1 Å². The number of piperidine rings is 1. The zero-order valence-electron chi connectivity index (χ0n) is 16.0. The van der Waals surface area contributed by atoms with Crippen LogP contribution in [0.5, 0.6) is 0 Å². The lowest BCUT2D eigenvalue weighted by Gasteiger charge is -2.46. The normalized spacial score (nSPS) is 23.9. The zero-order valence-corrected chi connectivity index (χ0v) is 16.8. The van der Waals surface area contributed by atoms with Gasteiger partial charge in [-0.05, 0) is 56.4 Å². The number of hydrogen-bond donors (Lipinski definition) is 1. The molecular formula is C19H26FN3O4S. The number of ether oxygens (including phenoxy) is 1. The van der Waals surface area contributed by atoms with E-state index in [0.29, 0.717) is 51.3 Å². The molecule has 3 saturated heterocycles. The van der Waals surface area contributed by atoms with E-state index < -0.39 is 15.8 Å². The van der Waals surface area contributed by atoms with Gasteiger partial charge in [0.1, 0.15) is 5.82 Å². The van der Waals surface area contributed by atoms with E-state index >= 15 is 0 Å². The fourth-order valence-electron chi connectivity index (χ4n) is 4.62. The monoisotopic (exact) mass is 411 g/mol. The number of urea groups is 1. The molecule has 1 aromatic rings. The van der Waals surface area contributed by atoms with Crippen LogP contribution in [-0.2, 0) is 14.8 Å². The lowest BCUT2D eigenvalue weighted by Crippen LogP contribution is -2.57. The van der Waals surface area contributed by atoms with Crippen molar-refractivity contribution in [2.24, 2.45) is 0 Å². The van der Waals surface area contributed by atoms with Gasteiger partial charge in [0.25, 0.3) is 0 Å². The van der Waals surface area contributed by atoms with Crippen LogP contribution in [0.25, 0.3) is 0 Å². The third-order valence-corrected chi connectivity index (χ3v) is 8.17. The van der Waals surface area contributed by atoms with Gasteiger partial charge in [-0.1, -0.05) is 0 Å². The summed E-state index contributed by atoms with van der Waals surface area (Å²) in [5.41, 5.74) is 0.0981. The van der Waals surface area contributed by atoms with Crippen molar-refractivity contribution in [2.75, 3.05) is 32.8 Å². The molecule has 3 heterocycles. The summed E-state index contributed by atoms with van der Waals surface area (Å²) >= 11 is 0. The molecule has 0 unspecified atom stereocenters. The van der Waals surface area contributed by atoms with E-state index in [1.165, 1.54) is 22.5 Å². The molecule has 3 aliphatic rings.